The van der Waals surface area contributed by atoms with E-state index in [4.69, 9.17) is 0 Å². The van der Waals surface area contributed by atoms with Crippen LogP contribution < -0.4 is 10.6 Å². The number of nitrogens with one attached hydrogen (secondary N) is 2. The van der Waals surface area contributed by atoms with Crippen molar-refractivity contribution in [1.82, 2.24) is 15.0 Å². The van der Waals surface area contributed by atoms with Crippen molar-refractivity contribution in [2.75, 3.05) is 17.2 Å². The minimum atomic E-state index is -0.323. The minimum absolute atomic E-state index is 0.259. The van der Waals surface area contributed by atoms with Crippen LogP contribution in [-0.4, -0.2) is 27.4 Å². The van der Waals surface area contributed by atoms with Crippen LogP contribution in [0.15, 0.2) is 30.7 Å². The second kappa shape index (κ2) is 6.60. The third kappa shape index (κ3) is 3.74. The van der Waals surface area contributed by atoms with Crippen LogP contribution in [0.1, 0.15) is 29.4 Å². The molecule has 0 aromatic carbocycles. The Labute approximate surface area is 117 Å². The molecule has 0 bridgehead atoms. The molecule has 0 aliphatic carbocycles. The molecule has 2 heterocycles. The van der Waals surface area contributed by atoms with Crippen molar-refractivity contribution in [2.24, 2.45) is 0 Å². The van der Waals surface area contributed by atoms with Crippen LogP contribution in [0.3, 0.4) is 0 Å². The third-order valence-electron chi connectivity index (χ3n) is 2.58. The second-order valence-corrected chi connectivity index (χ2v) is 4.39. The highest BCUT2D eigenvalue weighted by Gasteiger charge is 2.09. The standard InChI is InChI=1S/C14H17N5O/c1-3-5-16-13-9-15-8-11(18-13)14(20)19-12-7-10(2)4-6-17-12/h4,6-9H,3,5H2,1-2H3,(H,16,18)(H,17,19,20). The summed E-state index contributed by atoms with van der Waals surface area (Å²) in [5.74, 6) is 0.774. The van der Waals surface area contributed by atoms with Crippen molar-refractivity contribution in [1.29, 1.82) is 0 Å². The number of amides is 1. The van der Waals surface area contributed by atoms with Crippen molar-refractivity contribution < 1.29 is 4.79 Å². The third-order valence-corrected chi connectivity index (χ3v) is 2.58. The average molecular weight is 271 g/mol. The van der Waals surface area contributed by atoms with E-state index in [-0.39, 0.29) is 11.6 Å². The fourth-order valence-electron chi connectivity index (χ4n) is 1.60. The minimum Gasteiger partial charge on any atom is -0.369 e. The van der Waals surface area contributed by atoms with Crippen LogP contribution in [-0.2, 0) is 0 Å². The molecule has 0 saturated carbocycles. The zero-order valence-corrected chi connectivity index (χ0v) is 11.6. The van der Waals surface area contributed by atoms with E-state index < -0.39 is 0 Å². The Morgan fingerprint density at radius 1 is 1.30 bits per heavy atom. The molecule has 2 aromatic rings. The summed E-state index contributed by atoms with van der Waals surface area (Å²) in [6.45, 7) is 4.78. The molecular formula is C14H17N5O. The van der Waals surface area contributed by atoms with Gasteiger partial charge in [0, 0.05) is 12.7 Å². The van der Waals surface area contributed by atoms with E-state index >= 15 is 0 Å². The predicted octanol–water partition coefficient (Wildman–Crippen LogP) is 2.25. The quantitative estimate of drug-likeness (QED) is 0.872. The molecule has 0 saturated heterocycles. The maximum absolute atomic E-state index is 12.1. The molecule has 6 nitrogen and oxygen atoms in total. The largest absolute Gasteiger partial charge is 0.369 e. The molecule has 0 fully saturated rings. The zero-order valence-electron chi connectivity index (χ0n) is 11.6. The van der Waals surface area contributed by atoms with Crippen LogP contribution in [0, 0.1) is 6.92 Å². The lowest BCUT2D eigenvalue weighted by Crippen LogP contribution is -2.16. The number of carbonyl (C=O) groups is 1. The van der Waals surface area contributed by atoms with Gasteiger partial charge in [-0.15, -0.1) is 0 Å². The molecule has 0 aliphatic rings. The van der Waals surface area contributed by atoms with Gasteiger partial charge in [-0.3, -0.25) is 9.78 Å². The monoisotopic (exact) mass is 271 g/mol. The Bertz CT molecular complexity index is 600. The second-order valence-electron chi connectivity index (χ2n) is 4.39. The number of hydrogen-bond acceptors (Lipinski definition) is 5. The van der Waals surface area contributed by atoms with Crippen molar-refractivity contribution >= 4 is 17.5 Å². The van der Waals surface area contributed by atoms with Gasteiger partial charge in [0.2, 0.25) is 0 Å². The van der Waals surface area contributed by atoms with Gasteiger partial charge < -0.3 is 10.6 Å². The first-order chi connectivity index (χ1) is 9.69. The van der Waals surface area contributed by atoms with Gasteiger partial charge in [-0.2, -0.15) is 0 Å². The first-order valence-electron chi connectivity index (χ1n) is 6.49. The molecular weight excluding hydrogens is 254 g/mol. The van der Waals surface area contributed by atoms with Crippen molar-refractivity contribution in [2.45, 2.75) is 20.3 Å². The van der Waals surface area contributed by atoms with Gasteiger partial charge in [-0.05, 0) is 31.0 Å². The number of pyridine rings is 1. The van der Waals surface area contributed by atoms with E-state index in [0.29, 0.717) is 11.6 Å². The normalized spacial score (nSPS) is 10.1. The summed E-state index contributed by atoms with van der Waals surface area (Å²) in [6, 6.07) is 3.66. The molecule has 6 heteroatoms. The number of anilines is 2. The summed E-state index contributed by atoms with van der Waals surface area (Å²) >= 11 is 0. The summed E-state index contributed by atoms with van der Waals surface area (Å²) in [5, 5.41) is 5.80. The van der Waals surface area contributed by atoms with Crippen molar-refractivity contribution in [3.05, 3.63) is 42.0 Å². The maximum Gasteiger partial charge on any atom is 0.277 e. The molecule has 0 aliphatic heterocycles. The number of aryl methyl sites for hydroxylation is 1. The van der Waals surface area contributed by atoms with E-state index in [1.807, 2.05) is 13.0 Å². The van der Waals surface area contributed by atoms with Gasteiger partial charge in [0.25, 0.3) is 5.91 Å². The zero-order chi connectivity index (χ0) is 14.4. The molecule has 2 N–H and O–H groups in total. The molecule has 20 heavy (non-hydrogen) atoms. The highest BCUT2D eigenvalue weighted by molar-refractivity contribution is 6.02. The Hall–Kier alpha value is -2.50. The Morgan fingerprint density at radius 3 is 2.90 bits per heavy atom. The molecule has 1 amide bonds. The number of carbonyl (C=O) groups excluding carboxylic acids is 1. The lowest BCUT2D eigenvalue weighted by molar-refractivity contribution is 0.102. The SMILES string of the molecule is CCCNc1cncc(C(=O)Nc2cc(C)ccn2)n1. The first kappa shape index (κ1) is 13.9. The summed E-state index contributed by atoms with van der Waals surface area (Å²) < 4.78 is 0. The van der Waals surface area contributed by atoms with E-state index in [0.717, 1.165) is 18.5 Å². The van der Waals surface area contributed by atoms with Gasteiger partial charge in [0.05, 0.1) is 12.4 Å². The summed E-state index contributed by atoms with van der Waals surface area (Å²) in [7, 11) is 0. The first-order valence-corrected chi connectivity index (χ1v) is 6.49. The summed E-state index contributed by atoms with van der Waals surface area (Å²) in [4.78, 5) is 24.4. The number of hydrogen-bond donors (Lipinski definition) is 2. The van der Waals surface area contributed by atoms with Gasteiger partial charge in [-0.25, -0.2) is 9.97 Å². The molecule has 0 radical (unpaired) electrons. The number of nitrogens with zero attached hydrogens (tertiary/aromatic N) is 3. The van der Waals surface area contributed by atoms with E-state index in [9.17, 15) is 4.79 Å². The van der Waals surface area contributed by atoms with Crippen LogP contribution in [0.5, 0.6) is 0 Å². The van der Waals surface area contributed by atoms with Crippen LogP contribution in [0.25, 0.3) is 0 Å². The lowest BCUT2D eigenvalue weighted by atomic mass is 10.3. The van der Waals surface area contributed by atoms with E-state index in [2.05, 4.69) is 32.5 Å². The van der Waals surface area contributed by atoms with Crippen LogP contribution in [0.4, 0.5) is 11.6 Å². The highest BCUT2D eigenvalue weighted by Crippen LogP contribution is 2.08. The van der Waals surface area contributed by atoms with Gasteiger partial charge in [0.15, 0.2) is 0 Å². The summed E-state index contributed by atoms with van der Waals surface area (Å²) in [6.07, 6.45) is 5.65. The van der Waals surface area contributed by atoms with Crippen molar-refractivity contribution in [3.63, 3.8) is 0 Å². The maximum atomic E-state index is 12.1. The Balaban J connectivity index is 2.09. The molecule has 0 spiro atoms. The highest BCUT2D eigenvalue weighted by atomic mass is 16.1. The average Bonchev–Trinajstić information content (AvgIpc) is 2.45. The van der Waals surface area contributed by atoms with Gasteiger partial charge in [0.1, 0.15) is 17.3 Å². The molecule has 0 unspecified atom stereocenters. The Morgan fingerprint density at radius 2 is 2.15 bits per heavy atom. The lowest BCUT2D eigenvalue weighted by Gasteiger charge is -2.06. The fourth-order valence-corrected chi connectivity index (χ4v) is 1.60. The predicted molar refractivity (Wildman–Crippen MR) is 77.7 cm³/mol. The van der Waals surface area contributed by atoms with Gasteiger partial charge >= 0.3 is 0 Å². The van der Waals surface area contributed by atoms with Gasteiger partial charge in [-0.1, -0.05) is 6.92 Å². The smallest absolute Gasteiger partial charge is 0.277 e. The van der Waals surface area contributed by atoms with Crippen LogP contribution >= 0.6 is 0 Å². The van der Waals surface area contributed by atoms with E-state index in [1.165, 1.54) is 6.20 Å². The number of aromatic nitrogens is 3. The topological polar surface area (TPSA) is 79.8 Å². The molecule has 2 aromatic heterocycles. The molecule has 0 atom stereocenters. The number of rotatable bonds is 5. The molecule has 104 valence electrons. The van der Waals surface area contributed by atoms with Crippen molar-refractivity contribution in [3.8, 4) is 0 Å². The summed E-state index contributed by atoms with van der Waals surface area (Å²) in [5.41, 5.74) is 1.29. The Kier molecular flexibility index (Phi) is 4.60. The van der Waals surface area contributed by atoms with E-state index in [1.54, 1.807) is 18.5 Å². The molecule has 2 rings (SSSR count). The fraction of sp³-hybridized carbons (Fsp3) is 0.286. The van der Waals surface area contributed by atoms with Crippen LogP contribution in [0.2, 0.25) is 0 Å².